The molecule has 0 aliphatic carbocycles. The molecule has 0 saturated heterocycles. The first-order valence-electron chi connectivity index (χ1n) is 4.16. The van der Waals surface area contributed by atoms with Crippen molar-refractivity contribution in [3.63, 3.8) is 0 Å². The Balaban J connectivity index is 2.35. The highest BCUT2D eigenvalue weighted by Gasteiger charge is 2.26. The monoisotopic (exact) mass is 176 g/mol. The van der Waals surface area contributed by atoms with E-state index in [0.29, 0.717) is 13.0 Å². The second kappa shape index (κ2) is 3.32. The number of benzene rings is 1. The van der Waals surface area contributed by atoms with Crippen LogP contribution in [0.25, 0.3) is 0 Å². The molecule has 66 valence electrons. The fraction of sp³-hybridized carbons (Fsp3) is 0.222. The molecule has 1 aromatic carbocycles. The van der Waals surface area contributed by atoms with E-state index >= 15 is 0 Å². The molecule has 1 heterocycles. The van der Waals surface area contributed by atoms with Gasteiger partial charge in [-0.1, -0.05) is 18.2 Å². The molecule has 1 aromatic rings. The summed E-state index contributed by atoms with van der Waals surface area (Å²) in [6, 6.07) is 5.60. The summed E-state index contributed by atoms with van der Waals surface area (Å²) in [5.74, 6) is 0. The SMILES string of the molecule is O=CCc1ccc2c(c1)B(O)OC2. The lowest BCUT2D eigenvalue weighted by atomic mass is 9.78. The van der Waals surface area contributed by atoms with E-state index in [4.69, 9.17) is 4.65 Å². The van der Waals surface area contributed by atoms with Gasteiger partial charge in [0, 0.05) is 6.42 Å². The van der Waals surface area contributed by atoms with Crippen LogP contribution >= 0.6 is 0 Å². The smallest absolute Gasteiger partial charge is 0.423 e. The minimum absolute atomic E-state index is 0.389. The van der Waals surface area contributed by atoms with Crippen molar-refractivity contribution in [3.8, 4) is 0 Å². The molecule has 1 aliphatic heterocycles. The van der Waals surface area contributed by atoms with Crippen LogP contribution in [0.1, 0.15) is 11.1 Å². The van der Waals surface area contributed by atoms with Crippen LogP contribution in [0.5, 0.6) is 0 Å². The Morgan fingerprint density at radius 2 is 2.46 bits per heavy atom. The average molecular weight is 176 g/mol. The first kappa shape index (κ1) is 8.47. The van der Waals surface area contributed by atoms with Gasteiger partial charge in [-0.15, -0.1) is 0 Å². The molecule has 0 saturated carbocycles. The standard InChI is InChI=1S/C9H9BO3/c11-4-3-7-1-2-8-6-13-10(12)9(8)5-7/h1-2,4-5,12H,3,6H2. The summed E-state index contributed by atoms with van der Waals surface area (Å²) in [7, 11) is -0.818. The van der Waals surface area contributed by atoms with Gasteiger partial charge in [-0.25, -0.2) is 0 Å². The van der Waals surface area contributed by atoms with Crippen LogP contribution in [-0.4, -0.2) is 18.4 Å². The lowest BCUT2D eigenvalue weighted by Crippen LogP contribution is -2.28. The Morgan fingerprint density at radius 1 is 1.62 bits per heavy atom. The predicted octanol–water partition coefficient (Wildman–Crippen LogP) is -0.354. The van der Waals surface area contributed by atoms with Crippen molar-refractivity contribution in [1.82, 2.24) is 0 Å². The molecule has 0 amide bonds. The molecule has 2 rings (SSSR count). The highest BCUT2D eigenvalue weighted by Crippen LogP contribution is 2.11. The maximum atomic E-state index is 10.3. The molecule has 13 heavy (non-hydrogen) atoms. The average Bonchev–Trinajstić information content (AvgIpc) is 2.49. The van der Waals surface area contributed by atoms with E-state index in [1.807, 2.05) is 18.2 Å². The Labute approximate surface area is 76.5 Å². The van der Waals surface area contributed by atoms with Crippen molar-refractivity contribution in [1.29, 1.82) is 0 Å². The van der Waals surface area contributed by atoms with Crippen LogP contribution in [-0.2, 0) is 22.5 Å². The third-order valence-corrected chi connectivity index (χ3v) is 2.19. The molecular weight excluding hydrogens is 167 g/mol. The lowest BCUT2D eigenvalue weighted by molar-refractivity contribution is -0.107. The normalized spacial score (nSPS) is 14.4. The molecular formula is C9H9BO3. The van der Waals surface area contributed by atoms with Crippen LogP contribution in [0.3, 0.4) is 0 Å². The number of aldehydes is 1. The first-order chi connectivity index (χ1) is 6.31. The van der Waals surface area contributed by atoms with E-state index in [-0.39, 0.29) is 0 Å². The summed E-state index contributed by atoms with van der Waals surface area (Å²) < 4.78 is 5.02. The van der Waals surface area contributed by atoms with Gasteiger partial charge < -0.3 is 14.5 Å². The van der Waals surface area contributed by atoms with E-state index in [0.717, 1.165) is 22.9 Å². The number of carbonyl (C=O) groups is 1. The molecule has 0 unspecified atom stereocenters. The lowest BCUT2D eigenvalue weighted by Gasteiger charge is -2.00. The van der Waals surface area contributed by atoms with E-state index in [9.17, 15) is 9.82 Å². The Hall–Kier alpha value is -1.13. The second-order valence-electron chi connectivity index (χ2n) is 3.07. The highest BCUT2D eigenvalue weighted by molar-refractivity contribution is 6.61. The molecule has 0 spiro atoms. The van der Waals surface area contributed by atoms with Gasteiger partial charge in [0.15, 0.2) is 0 Å². The summed E-state index contributed by atoms with van der Waals surface area (Å²) in [6.07, 6.45) is 1.24. The van der Waals surface area contributed by atoms with Crippen molar-refractivity contribution in [3.05, 3.63) is 29.3 Å². The van der Waals surface area contributed by atoms with Crippen LogP contribution < -0.4 is 5.46 Å². The van der Waals surface area contributed by atoms with Crippen LogP contribution in [0.4, 0.5) is 0 Å². The van der Waals surface area contributed by atoms with Crippen molar-refractivity contribution < 1.29 is 14.5 Å². The largest absolute Gasteiger partial charge is 0.491 e. The topological polar surface area (TPSA) is 46.5 Å². The Bertz CT molecular complexity index is 338. The summed E-state index contributed by atoms with van der Waals surface area (Å²) in [4.78, 5) is 10.3. The van der Waals surface area contributed by atoms with E-state index in [1.54, 1.807) is 0 Å². The van der Waals surface area contributed by atoms with Crippen LogP contribution in [0.15, 0.2) is 18.2 Å². The zero-order valence-corrected chi connectivity index (χ0v) is 7.06. The molecule has 0 atom stereocenters. The summed E-state index contributed by atoms with van der Waals surface area (Å²) in [5, 5.41) is 9.36. The molecule has 0 aromatic heterocycles. The molecule has 0 radical (unpaired) electrons. The summed E-state index contributed by atoms with van der Waals surface area (Å²) >= 11 is 0. The van der Waals surface area contributed by atoms with Gasteiger partial charge in [0.05, 0.1) is 6.61 Å². The van der Waals surface area contributed by atoms with Gasteiger partial charge in [-0.05, 0) is 16.6 Å². The minimum atomic E-state index is -0.818. The molecule has 1 N–H and O–H groups in total. The second-order valence-corrected chi connectivity index (χ2v) is 3.07. The molecule has 0 fully saturated rings. The fourth-order valence-electron chi connectivity index (χ4n) is 1.49. The quantitative estimate of drug-likeness (QED) is 0.494. The molecule has 4 heteroatoms. The third-order valence-electron chi connectivity index (χ3n) is 2.19. The van der Waals surface area contributed by atoms with Crippen LogP contribution in [0.2, 0.25) is 0 Å². The first-order valence-corrected chi connectivity index (χ1v) is 4.16. The van der Waals surface area contributed by atoms with Crippen molar-refractivity contribution >= 4 is 18.9 Å². The van der Waals surface area contributed by atoms with Crippen molar-refractivity contribution in [2.45, 2.75) is 13.0 Å². The van der Waals surface area contributed by atoms with Gasteiger partial charge in [0.25, 0.3) is 0 Å². The van der Waals surface area contributed by atoms with Gasteiger partial charge in [-0.3, -0.25) is 0 Å². The molecule has 0 bridgehead atoms. The van der Waals surface area contributed by atoms with Gasteiger partial charge in [0.1, 0.15) is 6.29 Å². The number of carbonyl (C=O) groups excluding carboxylic acids is 1. The molecule has 3 nitrogen and oxygen atoms in total. The Morgan fingerprint density at radius 3 is 3.23 bits per heavy atom. The number of fused-ring (bicyclic) bond motifs is 1. The minimum Gasteiger partial charge on any atom is -0.423 e. The van der Waals surface area contributed by atoms with E-state index in [1.165, 1.54) is 0 Å². The van der Waals surface area contributed by atoms with Crippen molar-refractivity contribution in [2.75, 3.05) is 0 Å². The fourth-order valence-corrected chi connectivity index (χ4v) is 1.49. The molecule has 1 aliphatic rings. The Kier molecular flexibility index (Phi) is 2.16. The maximum Gasteiger partial charge on any atom is 0.491 e. The number of rotatable bonds is 2. The van der Waals surface area contributed by atoms with E-state index in [2.05, 4.69) is 0 Å². The maximum absolute atomic E-state index is 10.3. The van der Waals surface area contributed by atoms with Gasteiger partial charge in [0.2, 0.25) is 0 Å². The van der Waals surface area contributed by atoms with Crippen LogP contribution in [0, 0.1) is 0 Å². The number of hydrogen-bond acceptors (Lipinski definition) is 3. The summed E-state index contributed by atoms with van der Waals surface area (Å²) in [5.41, 5.74) is 2.71. The van der Waals surface area contributed by atoms with Gasteiger partial charge in [-0.2, -0.15) is 0 Å². The predicted molar refractivity (Wildman–Crippen MR) is 48.6 cm³/mol. The number of hydrogen-bond donors (Lipinski definition) is 1. The zero-order valence-electron chi connectivity index (χ0n) is 7.06. The third kappa shape index (κ3) is 1.50. The van der Waals surface area contributed by atoms with Crippen molar-refractivity contribution in [2.24, 2.45) is 0 Å². The summed E-state index contributed by atoms with van der Waals surface area (Å²) in [6.45, 7) is 0.456. The van der Waals surface area contributed by atoms with Gasteiger partial charge >= 0.3 is 7.12 Å². The van der Waals surface area contributed by atoms with E-state index < -0.39 is 7.12 Å². The highest BCUT2D eigenvalue weighted by atomic mass is 16.5. The zero-order chi connectivity index (χ0) is 9.26.